The Morgan fingerprint density at radius 2 is 1.95 bits per heavy atom. The minimum absolute atomic E-state index is 0. The molecule has 2 saturated heterocycles. The summed E-state index contributed by atoms with van der Waals surface area (Å²) < 4.78 is 27.5. The van der Waals surface area contributed by atoms with Crippen LogP contribution in [0.25, 0.3) is 22.5 Å². The summed E-state index contributed by atoms with van der Waals surface area (Å²) in [4.78, 5) is 15.8. The number of anilines is 3. The topological polar surface area (TPSA) is 116 Å². The van der Waals surface area contributed by atoms with Crippen LogP contribution in [-0.2, 0) is 4.74 Å². The number of nitrogens with one attached hydrogen (secondary N) is 1. The van der Waals surface area contributed by atoms with E-state index in [0.717, 1.165) is 62.4 Å². The van der Waals surface area contributed by atoms with E-state index in [0.29, 0.717) is 23.4 Å². The van der Waals surface area contributed by atoms with Crippen molar-refractivity contribution in [2.24, 2.45) is 5.73 Å². The second-order valence-corrected chi connectivity index (χ2v) is 9.84. The van der Waals surface area contributed by atoms with Crippen molar-refractivity contribution in [3.63, 3.8) is 0 Å². The molecule has 2 aliphatic heterocycles. The van der Waals surface area contributed by atoms with Gasteiger partial charge in [0.1, 0.15) is 23.2 Å². The second kappa shape index (κ2) is 12.2. The molecule has 0 aliphatic carbocycles. The highest BCUT2D eigenvalue weighted by Gasteiger charge is 2.24. The fourth-order valence-electron chi connectivity index (χ4n) is 5.20. The van der Waals surface area contributed by atoms with Crippen molar-refractivity contribution < 1.29 is 13.9 Å². The Kier molecular flexibility index (Phi) is 8.43. The predicted molar refractivity (Wildman–Crippen MR) is 154 cm³/mol. The highest BCUT2D eigenvalue weighted by Crippen LogP contribution is 2.36. The van der Waals surface area contributed by atoms with E-state index in [1.807, 2.05) is 23.1 Å². The first kappa shape index (κ1) is 27.8. The van der Waals surface area contributed by atoms with Crippen LogP contribution in [0.1, 0.15) is 25.3 Å². The molecule has 40 heavy (non-hydrogen) atoms. The van der Waals surface area contributed by atoms with Crippen LogP contribution in [0.5, 0.6) is 5.75 Å². The lowest BCUT2D eigenvalue weighted by atomic mass is 10.1. The van der Waals surface area contributed by atoms with E-state index < -0.39 is 5.82 Å². The lowest BCUT2D eigenvalue weighted by molar-refractivity contribution is 0.0662. The van der Waals surface area contributed by atoms with E-state index in [2.05, 4.69) is 31.5 Å². The van der Waals surface area contributed by atoms with Gasteiger partial charge in [-0.15, -0.1) is 12.4 Å². The van der Waals surface area contributed by atoms with Crippen LogP contribution in [0, 0.1) is 5.82 Å². The fourth-order valence-corrected chi connectivity index (χ4v) is 5.20. The number of nitrogens with two attached hydrogens (primary N) is 1. The highest BCUT2D eigenvalue weighted by atomic mass is 35.5. The molecule has 1 aromatic carbocycles. The van der Waals surface area contributed by atoms with E-state index in [1.165, 1.54) is 13.2 Å². The van der Waals surface area contributed by atoms with Crippen molar-refractivity contribution in [1.82, 2.24) is 24.7 Å². The Morgan fingerprint density at radius 3 is 2.73 bits per heavy atom. The predicted octanol–water partition coefficient (Wildman–Crippen LogP) is 4.60. The first-order valence-corrected chi connectivity index (χ1v) is 13.1. The van der Waals surface area contributed by atoms with Crippen molar-refractivity contribution in [3.8, 4) is 28.3 Å². The molecular weight excluding hydrogens is 535 g/mol. The van der Waals surface area contributed by atoms with E-state index in [1.54, 1.807) is 24.4 Å². The zero-order valence-corrected chi connectivity index (χ0v) is 23.0. The third-order valence-corrected chi connectivity index (χ3v) is 7.26. The first-order valence-electron chi connectivity index (χ1n) is 13.1. The average Bonchev–Trinajstić information content (AvgIpc) is 3.63. The number of ether oxygens (including phenoxy) is 2. The molecule has 10 nitrogen and oxygen atoms in total. The van der Waals surface area contributed by atoms with Gasteiger partial charge >= 0.3 is 0 Å². The number of hydrogen-bond acceptors (Lipinski definition) is 9. The molecule has 0 unspecified atom stereocenters. The van der Waals surface area contributed by atoms with E-state index in [-0.39, 0.29) is 29.8 Å². The number of halogens is 2. The van der Waals surface area contributed by atoms with Crippen LogP contribution in [-0.4, -0.2) is 64.2 Å². The molecule has 0 radical (unpaired) electrons. The molecule has 5 heterocycles. The van der Waals surface area contributed by atoms with Gasteiger partial charge in [-0.2, -0.15) is 5.10 Å². The van der Waals surface area contributed by atoms with Crippen LogP contribution < -0.4 is 20.7 Å². The summed E-state index contributed by atoms with van der Waals surface area (Å²) in [5, 5.41) is 7.93. The fraction of sp³-hybridized carbons (Fsp3) is 0.357. The Bertz CT molecular complexity index is 1460. The van der Waals surface area contributed by atoms with Gasteiger partial charge in [0, 0.05) is 73.8 Å². The summed E-state index contributed by atoms with van der Waals surface area (Å²) in [5.74, 6) is 1.22. The van der Waals surface area contributed by atoms with E-state index >= 15 is 0 Å². The molecule has 0 saturated carbocycles. The molecule has 1 atom stereocenters. The van der Waals surface area contributed by atoms with E-state index in [9.17, 15) is 4.39 Å². The monoisotopic (exact) mass is 566 g/mol. The van der Waals surface area contributed by atoms with Gasteiger partial charge in [-0.25, -0.2) is 19.3 Å². The van der Waals surface area contributed by atoms with Gasteiger partial charge < -0.3 is 25.4 Å². The molecule has 0 spiro atoms. The number of nitrogens with zero attached hydrogens (tertiary/aromatic N) is 6. The van der Waals surface area contributed by atoms with Crippen molar-refractivity contribution in [3.05, 3.63) is 60.9 Å². The lowest BCUT2D eigenvalue weighted by Gasteiger charge is -2.23. The van der Waals surface area contributed by atoms with Gasteiger partial charge in [-0.1, -0.05) is 6.07 Å². The number of aromatic nitrogens is 5. The molecule has 3 N–H and O–H groups in total. The zero-order chi connectivity index (χ0) is 26.8. The Labute approximate surface area is 238 Å². The van der Waals surface area contributed by atoms with Crippen LogP contribution in [0.4, 0.5) is 21.7 Å². The summed E-state index contributed by atoms with van der Waals surface area (Å²) in [5.41, 5.74) is 9.50. The summed E-state index contributed by atoms with van der Waals surface area (Å²) in [7, 11) is 1.49. The molecular formula is C28H32ClFN8O2. The molecule has 0 bridgehead atoms. The van der Waals surface area contributed by atoms with Gasteiger partial charge in [0.15, 0.2) is 5.82 Å². The van der Waals surface area contributed by atoms with Crippen molar-refractivity contribution >= 4 is 29.7 Å². The molecule has 3 aromatic heterocycles. The minimum atomic E-state index is -0.456. The molecule has 12 heteroatoms. The molecule has 2 aliphatic rings. The maximum atomic E-state index is 14.6. The molecule has 4 aromatic rings. The number of methoxy groups -OCH3 is 1. The maximum absolute atomic E-state index is 14.6. The average molecular weight is 567 g/mol. The third-order valence-electron chi connectivity index (χ3n) is 7.26. The molecule has 0 amide bonds. The third kappa shape index (κ3) is 5.72. The normalized spacial score (nSPS) is 17.5. The Balaban J connectivity index is 0.00000323. The highest BCUT2D eigenvalue weighted by molar-refractivity contribution is 5.85. The Morgan fingerprint density at radius 1 is 1.10 bits per heavy atom. The summed E-state index contributed by atoms with van der Waals surface area (Å²) >= 11 is 0. The maximum Gasteiger partial charge on any atom is 0.168 e. The van der Waals surface area contributed by atoms with Gasteiger partial charge in [0.2, 0.25) is 0 Å². The summed E-state index contributed by atoms with van der Waals surface area (Å²) in [6.45, 7) is 3.13. The van der Waals surface area contributed by atoms with Crippen LogP contribution in [0.2, 0.25) is 0 Å². The quantitative estimate of drug-likeness (QED) is 0.331. The van der Waals surface area contributed by atoms with Crippen molar-refractivity contribution in [1.29, 1.82) is 0 Å². The number of benzene rings is 1. The van der Waals surface area contributed by atoms with Crippen molar-refractivity contribution in [2.75, 3.05) is 43.6 Å². The number of pyridine rings is 1. The summed E-state index contributed by atoms with van der Waals surface area (Å²) in [6.07, 6.45) is 10.3. The standard InChI is InChI=1S/C28H31FN8O2.ClH/c1-38-24-4-2-3-22(29)27(24)28-31-9-5-25(35-28)34-26-13-23(36-10-6-19(30)17-36)21(15-32-26)18-14-33-37(16-18)20-7-11-39-12-8-20;/h2-5,9,13-16,19-20H,6-8,10-12,17,30H2,1H3,(H,31,32,34,35);1H/t19-;/m0./s1. The molecule has 210 valence electrons. The SMILES string of the molecule is COc1cccc(F)c1-c1nccc(Nc2cc(N3CC[C@H](N)C3)c(-c3cnn(C4CCOCC4)c3)cn2)n1.Cl. The van der Waals surface area contributed by atoms with Gasteiger partial charge in [-0.3, -0.25) is 4.68 Å². The van der Waals surface area contributed by atoms with Gasteiger partial charge in [-0.05, 0) is 37.5 Å². The van der Waals surface area contributed by atoms with Gasteiger partial charge in [0.05, 0.1) is 24.9 Å². The van der Waals surface area contributed by atoms with Gasteiger partial charge in [0.25, 0.3) is 0 Å². The Hall–Kier alpha value is -3.80. The molecule has 6 rings (SSSR count). The largest absolute Gasteiger partial charge is 0.496 e. The summed E-state index contributed by atoms with van der Waals surface area (Å²) in [6, 6.07) is 8.81. The smallest absolute Gasteiger partial charge is 0.168 e. The van der Waals surface area contributed by atoms with Crippen LogP contribution in [0.3, 0.4) is 0 Å². The number of hydrogen-bond donors (Lipinski definition) is 2. The van der Waals surface area contributed by atoms with Crippen molar-refractivity contribution in [2.45, 2.75) is 31.3 Å². The second-order valence-electron chi connectivity index (χ2n) is 9.84. The number of rotatable bonds is 7. The van der Waals surface area contributed by atoms with Crippen LogP contribution >= 0.6 is 12.4 Å². The van der Waals surface area contributed by atoms with Crippen LogP contribution in [0.15, 0.2) is 55.1 Å². The minimum Gasteiger partial charge on any atom is -0.496 e. The zero-order valence-electron chi connectivity index (χ0n) is 22.2. The lowest BCUT2D eigenvalue weighted by Crippen LogP contribution is -2.26. The first-order chi connectivity index (χ1) is 19.1. The van der Waals surface area contributed by atoms with E-state index in [4.69, 9.17) is 20.2 Å². The molecule has 2 fully saturated rings.